The molecule has 1 saturated heterocycles. The number of rotatable bonds is 5. The van der Waals surface area contributed by atoms with Gasteiger partial charge in [-0.2, -0.15) is 0 Å². The molecule has 1 heterocycles. The largest absolute Gasteiger partial charge is 0.452 e. The van der Waals surface area contributed by atoms with E-state index in [-0.39, 0.29) is 33.8 Å². The average molecular weight is 489 g/mol. The molecule has 4 atom stereocenters. The number of imide groups is 1. The first-order chi connectivity index (χ1) is 15.7. The molecule has 2 aromatic carbocycles. The standard InChI is InChI=1S/C24H22Cl2N2O5/c1-13-4-2-6-15(8-13)27-21(29)12-33-24(32)14-5-3-7-16(9-14)28-22(30)17-10-19(25)20(26)11-18(17)23(28)31/h2-9,17-20H,10-12H2,1H3,(H,27,29)/t17-,18+,19-,20-/m0/s1. The van der Waals surface area contributed by atoms with Crippen molar-refractivity contribution in [2.24, 2.45) is 11.8 Å². The van der Waals surface area contributed by atoms with Crippen LogP contribution in [-0.2, 0) is 19.1 Å². The van der Waals surface area contributed by atoms with E-state index in [0.717, 1.165) is 10.5 Å². The van der Waals surface area contributed by atoms with Crippen molar-refractivity contribution in [3.63, 3.8) is 0 Å². The molecule has 9 heteroatoms. The van der Waals surface area contributed by atoms with Crippen LogP contribution in [0.5, 0.6) is 0 Å². The van der Waals surface area contributed by atoms with Crippen molar-refractivity contribution in [3.05, 3.63) is 59.7 Å². The Morgan fingerprint density at radius 2 is 1.64 bits per heavy atom. The number of amides is 3. The molecule has 2 fully saturated rings. The highest BCUT2D eigenvalue weighted by molar-refractivity contribution is 6.31. The van der Waals surface area contributed by atoms with Gasteiger partial charge in [0.1, 0.15) is 0 Å². The average Bonchev–Trinajstić information content (AvgIpc) is 3.02. The first kappa shape index (κ1) is 23.3. The second kappa shape index (κ2) is 9.53. The van der Waals surface area contributed by atoms with E-state index >= 15 is 0 Å². The Balaban J connectivity index is 1.42. The number of hydrogen-bond donors (Lipinski definition) is 1. The Morgan fingerprint density at radius 3 is 2.27 bits per heavy atom. The van der Waals surface area contributed by atoms with Gasteiger partial charge in [0.15, 0.2) is 6.61 Å². The molecule has 3 amide bonds. The molecule has 4 rings (SSSR count). The number of carbonyl (C=O) groups is 4. The summed E-state index contributed by atoms with van der Waals surface area (Å²) in [5, 5.41) is 1.90. The highest BCUT2D eigenvalue weighted by atomic mass is 35.5. The number of benzene rings is 2. The molecule has 7 nitrogen and oxygen atoms in total. The molecule has 1 aliphatic heterocycles. The summed E-state index contributed by atoms with van der Waals surface area (Å²) >= 11 is 12.4. The number of alkyl halides is 2. The Hall–Kier alpha value is -2.90. The minimum absolute atomic E-state index is 0.122. The number of fused-ring (bicyclic) bond motifs is 1. The lowest BCUT2D eigenvalue weighted by Gasteiger charge is -2.28. The lowest BCUT2D eigenvalue weighted by atomic mass is 9.80. The van der Waals surface area contributed by atoms with Crippen molar-refractivity contribution in [2.75, 3.05) is 16.8 Å². The van der Waals surface area contributed by atoms with Crippen LogP contribution in [-0.4, -0.2) is 41.1 Å². The third kappa shape index (κ3) is 4.89. The van der Waals surface area contributed by atoms with Crippen LogP contribution in [0, 0.1) is 18.8 Å². The predicted octanol–water partition coefficient (Wildman–Crippen LogP) is 3.90. The number of halogens is 2. The maximum atomic E-state index is 12.9. The number of nitrogens with one attached hydrogen (secondary N) is 1. The molecular weight excluding hydrogens is 467 g/mol. The van der Waals surface area contributed by atoms with Crippen molar-refractivity contribution >= 4 is 58.3 Å². The molecule has 1 saturated carbocycles. The summed E-state index contributed by atoms with van der Waals surface area (Å²) < 4.78 is 5.11. The van der Waals surface area contributed by atoms with Crippen LogP contribution in [0.4, 0.5) is 11.4 Å². The molecule has 0 radical (unpaired) electrons. The van der Waals surface area contributed by atoms with Gasteiger partial charge in [0.05, 0.1) is 33.8 Å². The number of aryl methyl sites for hydroxylation is 1. The number of carbonyl (C=O) groups excluding carboxylic acids is 4. The molecular formula is C24H22Cl2N2O5. The van der Waals surface area contributed by atoms with Gasteiger partial charge in [-0.25, -0.2) is 4.79 Å². The molecule has 2 aromatic rings. The second-order valence-corrected chi connectivity index (χ2v) is 9.39. The lowest BCUT2D eigenvalue weighted by Crippen LogP contribution is -2.34. The molecule has 0 bridgehead atoms. The van der Waals surface area contributed by atoms with E-state index in [4.69, 9.17) is 27.9 Å². The van der Waals surface area contributed by atoms with E-state index in [1.165, 1.54) is 12.1 Å². The number of hydrogen-bond acceptors (Lipinski definition) is 5. The first-order valence-corrected chi connectivity index (χ1v) is 11.4. The summed E-state index contributed by atoms with van der Waals surface area (Å²) in [7, 11) is 0. The molecule has 1 N–H and O–H groups in total. The molecule has 1 aliphatic carbocycles. The molecule has 0 aromatic heterocycles. The maximum absolute atomic E-state index is 12.9. The van der Waals surface area contributed by atoms with Crippen molar-refractivity contribution in [1.29, 1.82) is 0 Å². The molecule has 0 unspecified atom stereocenters. The molecule has 172 valence electrons. The molecule has 0 spiro atoms. The van der Waals surface area contributed by atoms with Gasteiger partial charge in [-0.05, 0) is 55.7 Å². The Morgan fingerprint density at radius 1 is 1.00 bits per heavy atom. The van der Waals surface area contributed by atoms with E-state index in [9.17, 15) is 19.2 Å². The van der Waals surface area contributed by atoms with Crippen molar-refractivity contribution < 1.29 is 23.9 Å². The minimum atomic E-state index is -0.741. The molecule has 2 aliphatic rings. The van der Waals surface area contributed by atoms with Crippen LogP contribution in [0.3, 0.4) is 0 Å². The zero-order valence-electron chi connectivity index (χ0n) is 17.8. The van der Waals surface area contributed by atoms with E-state index in [0.29, 0.717) is 18.5 Å². The third-order valence-corrected chi connectivity index (χ3v) is 6.98. The van der Waals surface area contributed by atoms with Gasteiger partial charge in [-0.3, -0.25) is 19.3 Å². The Labute approximate surface area is 201 Å². The SMILES string of the molecule is Cc1cccc(NC(=O)COC(=O)c2cccc(N3C(=O)[C@H]4C[C@H](Cl)[C@@H](Cl)C[C@H]4C3=O)c2)c1. The van der Waals surface area contributed by atoms with E-state index in [1.807, 2.05) is 13.0 Å². The number of nitrogens with zero attached hydrogens (tertiary/aromatic N) is 1. The minimum Gasteiger partial charge on any atom is -0.452 e. The predicted molar refractivity (Wildman–Crippen MR) is 125 cm³/mol. The van der Waals surface area contributed by atoms with Crippen LogP contribution in [0.15, 0.2) is 48.5 Å². The fourth-order valence-electron chi connectivity index (χ4n) is 4.26. The van der Waals surface area contributed by atoms with Crippen LogP contribution in [0.2, 0.25) is 0 Å². The van der Waals surface area contributed by atoms with Gasteiger partial charge in [-0.1, -0.05) is 18.2 Å². The Bertz CT molecular complexity index is 1090. The number of ether oxygens (including phenoxy) is 1. The van der Waals surface area contributed by atoms with E-state index in [2.05, 4.69) is 5.32 Å². The summed E-state index contributed by atoms with van der Waals surface area (Å²) in [5.74, 6) is -2.95. The van der Waals surface area contributed by atoms with Crippen LogP contribution in [0.25, 0.3) is 0 Å². The summed E-state index contributed by atoms with van der Waals surface area (Å²) in [6, 6.07) is 13.3. The second-order valence-electron chi connectivity index (χ2n) is 8.27. The zero-order valence-corrected chi connectivity index (χ0v) is 19.3. The first-order valence-electron chi connectivity index (χ1n) is 10.5. The van der Waals surface area contributed by atoms with E-state index < -0.39 is 30.3 Å². The lowest BCUT2D eigenvalue weighted by molar-refractivity contribution is -0.122. The van der Waals surface area contributed by atoms with Gasteiger partial charge in [0.25, 0.3) is 5.91 Å². The summed E-state index contributed by atoms with van der Waals surface area (Å²) in [4.78, 5) is 51.6. The maximum Gasteiger partial charge on any atom is 0.338 e. The normalized spacial score (nSPS) is 24.4. The van der Waals surface area contributed by atoms with Crippen molar-refractivity contribution in [1.82, 2.24) is 0 Å². The van der Waals surface area contributed by atoms with Crippen LogP contribution < -0.4 is 10.2 Å². The van der Waals surface area contributed by atoms with Gasteiger partial charge in [0, 0.05) is 5.69 Å². The van der Waals surface area contributed by atoms with E-state index in [1.54, 1.807) is 30.3 Å². The summed E-state index contributed by atoms with van der Waals surface area (Å²) in [6.45, 7) is 1.42. The highest BCUT2D eigenvalue weighted by Crippen LogP contribution is 2.43. The van der Waals surface area contributed by atoms with Crippen LogP contribution >= 0.6 is 23.2 Å². The van der Waals surface area contributed by atoms with Gasteiger partial charge in [0.2, 0.25) is 11.8 Å². The van der Waals surface area contributed by atoms with Crippen molar-refractivity contribution in [3.8, 4) is 0 Å². The fourth-order valence-corrected chi connectivity index (χ4v) is 4.85. The number of anilines is 2. The Kier molecular flexibility index (Phi) is 6.72. The van der Waals surface area contributed by atoms with Gasteiger partial charge in [-0.15, -0.1) is 23.2 Å². The number of esters is 1. The third-order valence-electron chi connectivity index (χ3n) is 5.89. The topological polar surface area (TPSA) is 92.8 Å². The fraction of sp³-hybridized carbons (Fsp3) is 0.333. The smallest absolute Gasteiger partial charge is 0.338 e. The zero-order chi connectivity index (χ0) is 23.7. The van der Waals surface area contributed by atoms with Crippen LogP contribution in [0.1, 0.15) is 28.8 Å². The van der Waals surface area contributed by atoms with Crippen molar-refractivity contribution in [2.45, 2.75) is 30.5 Å². The molecule has 33 heavy (non-hydrogen) atoms. The summed E-state index contributed by atoms with van der Waals surface area (Å²) in [6.07, 6.45) is 0.665. The monoisotopic (exact) mass is 488 g/mol. The van der Waals surface area contributed by atoms with Gasteiger partial charge >= 0.3 is 5.97 Å². The van der Waals surface area contributed by atoms with Gasteiger partial charge < -0.3 is 10.1 Å². The highest BCUT2D eigenvalue weighted by Gasteiger charge is 2.52. The quantitative estimate of drug-likeness (QED) is 0.391. The summed E-state index contributed by atoms with van der Waals surface area (Å²) in [5.41, 5.74) is 1.98.